The van der Waals surface area contributed by atoms with Crippen molar-refractivity contribution in [1.82, 2.24) is 9.97 Å². The van der Waals surface area contributed by atoms with Crippen molar-refractivity contribution in [2.75, 3.05) is 5.32 Å². The summed E-state index contributed by atoms with van der Waals surface area (Å²) in [4.78, 5) is 21.7. The van der Waals surface area contributed by atoms with Crippen LogP contribution in [-0.4, -0.2) is 15.8 Å². The van der Waals surface area contributed by atoms with Gasteiger partial charge in [-0.1, -0.05) is 78.9 Å². The number of rotatable bonds is 7. The van der Waals surface area contributed by atoms with Gasteiger partial charge in [-0.3, -0.25) is 4.79 Å². The number of hydrogen-bond donors (Lipinski definition) is 1. The summed E-state index contributed by atoms with van der Waals surface area (Å²) in [6, 6.07) is 33.5. The predicted octanol–water partition coefficient (Wildman–Crippen LogP) is 7.49. The molecule has 0 aliphatic carbocycles. The number of carbonyl (C=O) groups excluding carboxylic acids is 1. The monoisotopic (exact) mass is 453 g/mol. The first-order chi connectivity index (χ1) is 17.3. The Morgan fingerprint density at radius 3 is 2.29 bits per heavy atom. The number of nitrogens with one attached hydrogen (secondary N) is 1. The van der Waals surface area contributed by atoms with Gasteiger partial charge in [0.15, 0.2) is 11.4 Å². The van der Waals surface area contributed by atoms with E-state index in [0.29, 0.717) is 17.0 Å². The Balaban J connectivity index is 1.35. The summed E-state index contributed by atoms with van der Waals surface area (Å²) >= 11 is 0. The second kappa shape index (κ2) is 10.4. The molecule has 5 rings (SSSR count). The molecule has 0 amide bonds. The van der Waals surface area contributed by atoms with E-state index in [-0.39, 0.29) is 5.78 Å². The summed E-state index contributed by atoms with van der Waals surface area (Å²) < 4.78 is 0. The quantitative estimate of drug-likeness (QED) is 0.158. The van der Waals surface area contributed by atoms with Crippen molar-refractivity contribution >= 4 is 34.4 Å². The number of fused-ring (bicyclic) bond motifs is 1. The number of nitrogens with zero attached hydrogens (tertiary/aromatic N) is 2. The number of pyridine rings is 2. The SMILES string of the molecule is O=C(/C=C/C=C/c1ccccc1)c1ccc(Nc2nc3ncccc3cc2-c2ccccc2)cc1. The van der Waals surface area contributed by atoms with Crippen LogP contribution in [0.15, 0.2) is 128 Å². The molecule has 1 N–H and O–H groups in total. The molecule has 0 aliphatic heterocycles. The molecule has 0 bridgehead atoms. The fourth-order valence-electron chi connectivity index (χ4n) is 3.76. The molecule has 2 heterocycles. The molecule has 2 aromatic heterocycles. The lowest BCUT2D eigenvalue weighted by Gasteiger charge is -2.13. The molecule has 168 valence electrons. The highest BCUT2D eigenvalue weighted by Crippen LogP contribution is 2.31. The number of allylic oxidation sites excluding steroid dienone is 3. The van der Waals surface area contributed by atoms with Crippen molar-refractivity contribution in [2.24, 2.45) is 0 Å². The first kappa shape index (κ1) is 22.0. The van der Waals surface area contributed by atoms with Crippen molar-refractivity contribution in [2.45, 2.75) is 0 Å². The van der Waals surface area contributed by atoms with E-state index in [0.717, 1.165) is 27.8 Å². The predicted molar refractivity (Wildman–Crippen MR) is 144 cm³/mol. The van der Waals surface area contributed by atoms with Crippen molar-refractivity contribution in [1.29, 1.82) is 0 Å². The molecule has 3 aromatic carbocycles. The summed E-state index contributed by atoms with van der Waals surface area (Å²) in [6.07, 6.45) is 8.91. The number of anilines is 2. The largest absolute Gasteiger partial charge is 0.340 e. The van der Waals surface area contributed by atoms with Crippen LogP contribution in [0.25, 0.3) is 28.2 Å². The Kier molecular flexibility index (Phi) is 6.54. The topological polar surface area (TPSA) is 54.9 Å². The molecule has 0 unspecified atom stereocenters. The van der Waals surface area contributed by atoms with Crippen LogP contribution in [0, 0.1) is 0 Å². The molecule has 4 nitrogen and oxygen atoms in total. The Hall–Kier alpha value is -4.83. The van der Waals surface area contributed by atoms with Gasteiger partial charge in [-0.2, -0.15) is 0 Å². The van der Waals surface area contributed by atoms with Crippen LogP contribution in [0.3, 0.4) is 0 Å². The standard InChI is InChI=1S/C31H23N3O/c35-29(16-8-7-12-23-10-3-1-4-11-23)25-17-19-27(20-18-25)33-31-28(24-13-5-2-6-14-24)22-26-15-9-21-32-30(26)34-31/h1-22H,(H,32,33,34)/b12-7+,16-8+. The van der Waals surface area contributed by atoms with Gasteiger partial charge in [0.05, 0.1) is 0 Å². The van der Waals surface area contributed by atoms with E-state index in [1.807, 2.05) is 97.1 Å². The number of aromatic nitrogens is 2. The number of hydrogen-bond acceptors (Lipinski definition) is 4. The maximum atomic E-state index is 12.5. The van der Waals surface area contributed by atoms with Crippen molar-refractivity contribution in [3.8, 4) is 11.1 Å². The number of ketones is 1. The third-order valence-electron chi connectivity index (χ3n) is 5.55. The Bertz CT molecular complexity index is 1510. The second-order valence-corrected chi connectivity index (χ2v) is 8.00. The van der Waals surface area contributed by atoms with Crippen LogP contribution in [0.1, 0.15) is 15.9 Å². The molecule has 0 spiro atoms. The molecule has 35 heavy (non-hydrogen) atoms. The zero-order valence-corrected chi connectivity index (χ0v) is 19.0. The van der Waals surface area contributed by atoms with E-state index >= 15 is 0 Å². The van der Waals surface area contributed by atoms with Gasteiger partial charge in [-0.05, 0) is 59.7 Å². The lowest BCUT2D eigenvalue weighted by Crippen LogP contribution is -1.99. The van der Waals surface area contributed by atoms with Gasteiger partial charge in [-0.25, -0.2) is 9.97 Å². The minimum atomic E-state index is -0.0488. The first-order valence-corrected chi connectivity index (χ1v) is 11.4. The average Bonchev–Trinajstić information content (AvgIpc) is 2.92. The minimum Gasteiger partial charge on any atom is -0.340 e. The van der Waals surface area contributed by atoms with Crippen LogP contribution in [-0.2, 0) is 0 Å². The van der Waals surface area contributed by atoms with E-state index in [9.17, 15) is 4.79 Å². The van der Waals surface area contributed by atoms with E-state index < -0.39 is 0 Å². The van der Waals surface area contributed by atoms with Gasteiger partial charge in [0, 0.05) is 28.4 Å². The van der Waals surface area contributed by atoms with Crippen LogP contribution >= 0.6 is 0 Å². The van der Waals surface area contributed by atoms with Crippen molar-refractivity contribution in [3.05, 3.63) is 139 Å². The third kappa shape index (κ3) is 5.40. The zero-order valence-electron chi connectivity index (χ0n) is 19.0. The molecule has 0 saturated heterocycles. The second-order valence-electron chi connectivity index (χ2n) is 8.00. The molecule has 0 saturated carbocycles. The van der Waals surface area contributed by atoms with E-state index in [1.165, 1.54) is 0 Å². The maximum absolute atomic E-state index is 12.5. The van der Waals surface area contributed by atoms with Crippen molar-refractivity contribution in [3.63, 3.8) is 0 Å². The zero-order chi connectivity index (χ0) is 23.9. The Morgan fingerprint density at radius 1 is 0.771 bits per heavy atom. The Morgan fingerprint density at radius 2 is 1.51 bits per heavy atom. The first-order valence-electron chi connectivity index (χ1n) is 11.4. The van der Waals surface area contributed by atoms with E-state index in [2.05, 4.69) is 28.5 Å². The summed E-state index contributed by atoms with van der Waals surface area (Å²) in [5.41, 5.74) is 5.28. The fraction of sp³-hybridized carbons (Fsp3) is 0. The molecule has 0 atom stereocenters. The van der Waals surface area contributed by atoms with Gasteiger partial charge >= 0.3 is 0 Å². The maximum Gasteiger partial charge on any atom is 0.185 e. The van der Waals surface area contributed by atoms with Crippen molar-refractivity contribution < 1.29 is 4.79 Å². The van der Waals surface area contributed by atoms with Gasteiger partial charge in [0.2, 0.25) is 0 Å². The molecule has 0 radical (unpaired) electrons. The van der Waals surface area contributed by atoms with Crippen LogP contribution < -0.4 is 5.32 Å². The van der Waals surface area contributed by atoms with Gasteiger partial charge in [0.25, 0.3) is 0 Å². The summed E-state index contributed by atoms with van der Waals surface area (Å²) in [6.45, 7) is 0. The number of carbonyl (C=O) groups is 1. The van der Waals surface area contributed by atoms with Crippen LogP contribution in [0.5, 0.6) is 0 Å². The molecular formula is C31H23N3O. The molecule has 5 aromatic rings. The number of benzene rings is 3. The smallest absolute Gasteiger partial charge is 0.185 e. The van der Waals surface area contributed by atoms with Crippen LogP contribution in [0.2, 0.25) is 0 Å². The minimum absolute atomic E-state index is 0.0488. The highest BCUT2D eigenvalue weighted by atomic mass is 16.1. The van der Waals surface area contributed by atoms with Gasteiger partial charge in [-0.15, -0.1) is 0 Å². The van der Waals surface area contributed by atoms with Gasteiger partial charge in [0.1, 0.15) is 5.82 Å². The molecular weight excluding hydrogens is 430 g/mol. The lowest BCUT2D eigenvalue weighted by molar-refractivity contribution is 0.104. The summed E-state index contributed by atoms with van der Waals surface area (Å²) in [5.74, 6) is 0.666. The van der Waals surface area contributed by atoms with Crippen LogP contribution in [0.4, 0.5) is 11.5 Å². The normalized spacial score (nSPS) is 11.3. The molecule has 0 aliphatic rings. The third-order valence-corrected chi connectivity index (χ3v) is 5.55. The molecule has 4 heteroatoms. The average molecular weight is 454 g/mol. The highest BCUT2D eigenvalue weighted by molar-refractivity contribution is 6.05. The lowest BCUT2D eigenvalue weighted by atomic mass is 10.0. The fourth-order valence-corrected chi connectivity index (χ4v) is 3.76. The summed E-state index contributed by atoms with van der Waals surface area (Å²) in [7, 11) is 0. The van der Waals surface area contributed by atoms with E-state index in [1.54, 1.807) is 18.3 Å². The Labute approximate surface area is 204 Å². The van der Waals surface area contributed by atoms with E-state index in [4.69, 9.17) is 4.98 Å². The molecule has 0 fully saturated rings. The summed E-state index contributed by atoms with van der Waals surface area (Å²) in [5, 5.41) is 4.39. The highest BCUT2D eigenvalue weighted by Gasteiger charge is 2.11. The van der Waals surface area contributed by atoms with Gasteiger partial charge < -0.3 is 5.32 Å².